The van der Waals surface area contributed by atoms with Crippen molar-refractivity contribution in [1.29, 1.82) is 0 Å². The number of nitrogens with zero attached hydrogens (tertiary/aromatic N) is 2. The Labute approximate surface area is 717 Å². The maximum atomic E-state index is 12.1. The molecule has 0 spiro atoms. The number of aromatic nitrogens is 2. The summed E-state index contributed by atoms with van der Waals surface area (Å²) in [6.45, 7) is 0. The van der Waals surface area contributed by atoms with Gasteiger partial charge in [-0.2, -0.15) is 0 Å². The quantitative estimate of drug-likeness (QED) is 0.0811. The average molecular weight is 2030 g/mol. The Morgan fingerprint density at radius 2 is 0.417 bits per heavy atom. The van der Waals surface area contributed by atoms with Crippen molar-refractivity contribution in [2.75, 3.05) is 61.5 Å². The van der Waals surface area contributed by atoms with Gasteiger partial charge >= 0.3 is 117 Å². The number of nitrogens with two attached hydrogens (primary N) is 2. The monoisotopic (exact) mass is 2030 g/mol. The summed E-state index contributed by atoms with van der Waals surface area (Å²) >= 11 is 14.4. The summed E-state index contributed by atoms with van der Waals surface area (Å²) in [7, 11) is -38.3. The molecule has 0 aliphatic carbocycles. The molecule has 12 rings (SSSR count). The van der Waals surface area contributed by atoms with E-state index in [9.17, 15) is 105 Å². The van der Waals surface area contributed by atoms with Crippen LogP contribution in [-0.2, 0) is 113 Å². The van der Waals surface area contributed by atoms with Crippen LogP contribution in [0.15, 0.2) is 279 Å². The Morgan fingerprint density at radius 1 is 0.296 bits per heavy atom. The van der Waals surface area contributed by atoms with Gasteiger partial charge in [-0.05, 0) is 36.4 Å². The molecule has 0 saturated heterocycles. The van der Waals surface area contributed by atoms with Crippen LogP contribution < -0.4 is 73.5 Å². The van der Waals surface area contributed by atoms with Gasteiger partial charge in [0, 0.05) is 146 Å². The third-order valence-electron chi connectivity index (χ3n) is 11.5. The van der Waals surface area contributed by atoms with Gasteiger partial charge in [0.05, 0.1) is 49.9 Å². The first-order valence-corrected chi connectivity index (χ1v) is 51.4. The van der Waals surface area contributed by atoms with Crippen molar-refractivity contribution in [3.8, 4) is 0 Å². The fraction of sp³-hybridized carbons (Fsp3) is 0.114. The number of rotatable bonds is 8. The molecule has 16 nitrogen and oxygen atoms in total. The van der Waals surface area contributed by atoms with Crippen molar-refractivity contribution in [3.63, 3.8) is 0 Å². The van der Waals surface area contributed by atoms with Crippen LogP contribution in [0.1, 0.15) is 0 Å². The van der Waals surface area contributed by atoms with E-state index in [-0.39, 0.29) is 51.2 Å². The minimum Gasteiger partial charge on any atom is -0.793 e. The van der Waals surface area contributed by atoms with Gasteiger partial charge < -0.3 is 49.3 Å². The third-order valence-corrected chi connectivity index (χ3v) is 21.5. The molecule has 0 saturated carbocycles. The average Bonchev–Trinajstić information content (AvgIpc) is 1.22. The van der Waals surface area contributed by atoms with Crippen LogP contribution in [-0.4, -0.2) is 76.8 Å². The van der Waals surface area contributed by atoms with Crippen LogP contribution in [0, 0.1) is 0 Å². The molecular weight excluding hydrogens is 1960 g/mol. The van der Waals surface area contributed by atoms with E-state index >= 15 is 0 Å². The number of hydrogen-bond acceptors (Lipinski definition) is 18. The molecule has 2 aromatic heterocycles. The van der Waals surface area contributed by atoms with Gasteiger partial charge in [0.2, 0.25) is 0 Å². The summed E-state index contributed by atoms with van der Waals surface area (Å²) in [5.74, 6) is 0. The van der Waals surface area contributed by atoms with Crippen molar-refractivity contribution >= 4 is 207 Å². The molecule has 0 atom stereocenters. The molecule has 3 radical (unpaired) electrons. The molecule has 115 heavy (non-hydrogen) atoms. The number of nitrogen functional groups attached to an aromatic ring is 2. The van der Waals surface area contributed by atoms with Crippen molar-refractivity contribution in [2.24, 2.45) is 0 Å². The zero-order chi connectivity index (χ0) is 85.7. The van der Waals surface area contributed by atoms with Gasteiger partial charge in [0.1, 0.15) is 0 Å². The SMILES string of the molecule is CS(C)=O.CS(C)=O.CS(C)=O.CS(C)=O.F[P-](F)(F)(F)(F)F.F[P-](F)(F)(F)(F)F.Nc1nc2ccc(Cl)cc2s1.Nc1nc2ccc(Cl)cc2s1.O=P([O-])(c1ccccc1)c1ccccc1.O=P([O-])(c1ccccc1)c1ccccc1.O=P([O-])(c1ccccc1)c1ccccc1.O=P([O-])(c1ccccc1)c1ccccc1.[Cu+2].[Cu+2].[Cu+2]. The van der Waals surface area contributed by atoms with Gasteiger partial charge in [-0.3, -0.25) is 16.8 Å². The predicted molar refractivity (Wildman–Crippen MR) is 444 cm³/mol. The van der Waals surface area contributed by atoms with Crippen LogP contribution in [0.25, 0.3) is 20.4 Å². The molecule has 643 valence electrons. The number of thiazole rings is 2. The van der Waals surface area contributed by atoms with Crippen LogP contribution in [0.2, 0.25) is 10.0 Å². The third kappa shape index (κ3) is 56.3. The van der Waals surface area contributed by atoms with E-state index in [0.29, 0.717) is 52.7 Å². The minimum atomic E-state index is -10.7. The smallest absolute Gasteiger partial charge is 0.793 e. The predicted octanol–water partition coefficient (Wildman–Crippen LogP) is 16.9. The zero-order valence-electron chi connectivity index (χ0n) is 60.8. The van der Waals surface area contributed by atoms with Crippen molar-refractivity contribution < 1.29 is 156 Å². The summed E-state index contributed by atoms with van der Waals surface area (Å²) in [6, 6.07) is 78.9. The Hall–Kier alpha value is -4.90. The van der Waals surface area contributed by atoms with E-state index in [2.05, 4.69) is 9.97 Å². The van der Waals surface area contributed by atoms with Gasteiger partial charge in [-0.25, -0.2) is 9.97 Å². The fourth-order valence-electron chi connectivity index (χ4n) is 7.42. The second kappa shape index (κ2) is 50.4. The molecule has 2 heterocycles. The number of anilines is 2. The molecule has 0 aliphatic heterocycles. The molecule has 0 fully saturated rings. The Kier molecular flexibility index (Phi) is 50.0. The first-order valence-electron chi connectivity index (χ1n) is 30.6. The second-order valence-corrected chi connectivity index (χ2v) is 43.4. The molecule has 4 N–H and O–H groups in total. The van der Waals surface area contributed by atoms with Crippen LogP contribution >= 0.6 is 91.0 Å². The maximum absolute atomic E-state index is 12.1. The topological polar surface area (TPSA) is 307 Å². The minimum absolute atomic E-state index is 0. The van der Waals surface area contributed by atoms with Crippen LogP contribution in [0.4, 0.5) is 60.6 Å². The molecule has 0 aliphatic rings. The van der Waals surface area contributed by atoms with E-state index in [1.807, 2.05) is 36.4 Å². The van der Waals surface area contributed by atoms with Crippen molar-refractivity contribution in [1.82, 2.24) is 9.97 Å². The van der Waals surface area contributed by atoms with Crippen LogP contribution in [0.3, 0.4) is 0 Å². The molecule has 10 aromatic carbocycles. The normalized spacial score (nSPS) is 11.9. The summed E-state index contributed by atoms with van der Waals surface area (Å²) < 4.78 is 207. The number of fused-ring (bicyclic) bond motifs is 2. The van der Waals surface area contributed by atoms with Crippen LogP contribution in [0.5, 0.6) is 0 Å². The van der Waals surface area contributed by atoms with Gasteiger partial charge in [0.25, 0.3) is 0 Å². The molecule has 0 unspecified atom stereocenters. The summed E-state index contributed by atoms with van der Waals surface area (Å²) in [5.41, 5.74) is 12.8. The van der Waals surface area contributed by atoms with Gasteiger partial charge in [-0.15, -0.1) is 0 Å². The molecule has 12 aromatic rings. The fourth-order valence-corrected chi connectivity index (χ4v) is 15.2. The van der Waals surface area contributed by atoms with E-state index in [0.717, 1.165) is 30.5 Å². The standard InChI is InChI=1S/4C12H11O2P.2C7H5ClN2S.4C2H6OS.3Cu.2F6P/c4*13-15(14,11-7-3-1-4-8-11)12-9-5-2-6-10-12;2*8-4-1-2-5-6(3-4)11-7(9)10-5;4*1-4(2)3;;;;2*1-7(2,3,4,5)6/h4*1-10H,(H,13,14);2*1-3H,(H2,9,10);4*1-2H3;;;;;/q;;;;;;;;;;3*+2;2*-1/p-4. The molecule has 0 amide bonds. The Bertz CT molecular complexity index is 4410. The molecular formula is C70H74Cl2Cu3F12N4O12P6S6. The van der Waals surface area contributed by atoms with E-state index in [1.54, 1.807) is 293 Å². The molecule has 45 heteroatoms. The zero-order valence-corrected chi connectivity index (χ0v) is 75.4. The second-order valence-electron chi connectivity index (χ2n) is 22.1. The number of halogens is 14. The van der Waals surface area contributed by atoms with Crippen molar-refractivity contribution in [2.45, 2.75) is 0 Å². The van der Waals surface area contributed by atoms with Crippen molar-refractivity contribution in [3.05, 3.63) is 289 Å². The summed E-state index contributed by atoms with van der Waals surface area (Å²) in [6.07, 6.45) is 13.1. The molecule has 0 bridgehead atoms. The van der Waals surface area contributed by atoms with E-state index in [1.165, 1.54) is 22.7 Å². The van der Waals surface area contributed by atoms with Gasteiger partial charge in [-0.1, -0.05) is 289 Å². The maximum Gasteiger partial charge on any atom is 2.00 e. The Morgan fingerprint density at radius 3 is 0.539 bits per heavy atom. The first-order chi connectivity index (χ1) is 51.2. The summed E-state index contributed by atoms with van der Waals surface area (Å²) in [5, 5.41) is 5.48. The largest absolute Gasteiger partial charge is 2.00 e. The van der Waals surface area contributed by atoms with E-state index in [4.69, 9.17) is 34.7 Å². The number of hydrogen-bond donors (Lipinski definition) is 2. The first kappa shape index (κ1) is 114. The number of benzene rings is 10. The van der Waals surface area contributed by atoms with Gasteiger partial charge in [0.15, 0.2) is 10.3 Å². The Balaban J connectivity index is -0.00000122. The summed E-state index contributed by atoms with van der Waals surface area (Å²) in [4.78, 5) is 56.4. The van der Waals surface area contributed by atoms with E-state index < -0.39 is 88.3 Å².